The van der Waals surface area contributed by atoms with Crippen molar-refractivity contribution in [2.75, 3.05) is 7.11 Å². The van der Waals surface area contributed by atoms with Gasteiger partial charge in [0, 0.05) is 29.9 Å². The van der Waals surface area contributed by atoms with Gasteiger partial charge in [-0.25, -0.2) is 0 Å². The maximum absolute atomic E-state index is 11.1. The molecule has 2 aromatic carbocycles. The van der Waals surface area contributed by atoms with E-state index in [2.05, 4.69) is 10.3 Å². The fraction of sp³-hybridized carbons (Fsp3) is 0.400. The van der Waals surface area contributed by atoms with Gasteiger partial charge >= 0.3 is 0 Å². The number of phenols is 2. The van der Waals surface area contributed by atoms with Crippen molar-refractivity contribution in [3.05, 3.63) is 59.9 Å². The van der Waals surface area contributed by atoms with Gasteiger partial charge < -0.3 is 25.4 Å². The van der Waals surface area contributed by atoms with Gasteiger partial charge in [0.05, 0.1) is 12.7 Å². The Morgan fingerprint density at radius 3 is 2.61 bits per heavy atom. The van der Waals surface area contributed by atoms with Gasteiger partial charge in [-0.1, -0.05) is 12.1 Å². The highest BCUT2D eigenvalue weighted by Gasteiger charge is 2.33. The average Bonchev–Trinajstić information content (AvgIpc) is 2.79. The van der Waals surface area contributed by atoms with Gasteiger partial charge in [-0.15, -0.1) is 0 Å². The molecule has 0 amide bonds. The smallest absolute Gasteiger partial charge is 0.157 e. The van der Waals surface area contributed by atoms with Gasteiger partial charge in [-0.05, 0) is 79.8 Å². The van der Waals surface area contributed by atoms with Crippen molar-refractivity contribution in [3.8, 4) is 17.2 Å². The van der Waals surface area contributed by atoms with Gasteiger partial charge in [0.15, 0.2) is 11.5 Å². The fourth-order valence-corrected chi connectivity index (χ4v) is 4.44. The van der Waals surface area contributed by atoms with Gasteiger partial charge in [0.1, 0.15) is 5.75 Å². The first-order valence-corrected chi connectivity index (χ1v) is 10.8. The van der Waals surface area contributed by atoms with Crippen LogP contribution in [0.25, 0.3) is 10.8 Å². The molecule has 1 aliphatic rings. The number of rotatable bonds is 7. The molecule has 0 saturated heterocycles. The Balaban J connectivity index is 1.32. The van der Waals surface area contributed by atoms with E-state index >= 15 is 0 Å². The van der Waals surface area contributed by atoms with Crippen LogP contribution in [0.1, 0.15) is 43.4 Å². The third-order valence-electron chi connectivity index (χ3n) is 6.43. The first-order valence-electron chi connectivity index (χ1n) is 10.8. The number of hydrogen-bond donors (Lipinski definition) is 4. The van der Waals surface area contributed by atoms with Crippen molar-refractivity contribution >= 4 is 10.8 Å². The monoisotopic (exact) mass is 422 g/mol. The number of nitrogens with one attached hydrogen (secondary N) is 1. The molecule has 0 atom stereocenters. The third kappa shape index (κ3) is 5.09. The molecule has 3 aromatic rings. The fourth-order valence-electron chi connectivity index (χ4n) is 4.44. The Morgan fingerprint density at radius 2 is 1.87 bits per heavy atom. The largest absolute Gasteiger partial charge is 0.504 e. The summed E-state index contributed by atoms with van der Waals surface area (Å²) in [5.74, 6) is 0.608. The van der Waals surface area contributed by atoms with Gasteiger partial charge in [-0.3, -0.25) is 4.98 Å². The van der Waals surface area contributed by atoms with E-state index in [1.165, 1.54) is 6.07 Å². The van der Waals surface area contributed by atoms with E-state index in [-0.39, 0.29) is 11.5 Å². The van der Waals surface area contributed by atoms with Crippen LogP contribution in [0, 0.1) is 0 Å². The minimum absolute atomic E-state index is 0.100. The van der Waals surface area contributed by atoms with E-state index in [9.17, 15) is 15.3 Å². The number of aromatic hydroxyl groups is 2. The second kappa shape index (κ2) is 9.12. The Labute approximate surface area is 182 Å². The van der Waals surface area contributed by atoms with Crippen LogP contribution in [-0.2, 0) is 13.0 Å². The summed E-state index contributed by atoms with van der Waals surface area (Å²) in [7, 11) is 1.66. The lowest BCUT2D eigenvalue weighted by Gasteiger charge is -2.36. The van der Waals surface area contributed by atoms with Crippen LogP contribution in [0.3, 0.4) is 0 Å². The lowest BCUT2D eigenvalue weighted by molar-refractivity contribution is -0.0109. The molecule has 1 saturated carbocycles. The Kier molecular flexibility index (Phi) is 6.30. The zero-order valence-corrected chi connectivity index (χ0v) is 17.8. The topological polar surface area (TPSA) is 94.8 Å². The molecule has 1 heterocycles. The number of aliphatic hydroxyl groups is 1. The summed E-state index contributed by atoms with van der Waals surface area (Å²) in [6.07, 6.45) is 6.55. The van der Waals surface area contributed by atoms with E-state index in [0.29, 0.717) is 19.0 Å². The Morgan fingerprint density at radius 1 is 1.06 bits per heavy atom. The van der Waals surface area contributed by atoms with Gasteiger partial charge in [0.2, 0.25) is 0 Å². The molecule has 1 aliphatic carbocycles. The molecule has 6 nitrogen and oxygen atoms in total. The third-order valence-corrected chi connectivity index (χ3v) is 6.43. The number of hydrogen-bond acceptors (Lipinski definition) is 6. The molecule has 6 heteroatoms. The lowest BCUT2D eigenvalue weighted by atomic mass is 9.79. The summed E-state index contributed by atoms with van der Waals surface area (Å²) < 4.78 is 5.36. The second-order valence-electron chi connectivity index (χ2n) is 8.55. The highest BCUT2D eigenvalue weighted by molar-refractivity contribution is 5.85. The molecule has 0 radical (unpaired) electrons. The quantitative estimate of drug-likeness (QED) is 0.429. The standard InChI is InChI=1S/C25H30N2O4/c1-31-20-4-3-18-9-13-26-22(21(18)15-20)8-12-25(30)10-6-19(7-11-25)27-16-17-2-5-23(28)24(29)14-17/h2-5,9,13-15,19,27-30H,6-8,10-12,16H2,1H3. The SMILES string of the molecule is COc1ccc2ccnc(CCC3(O)CCC(NCc4ccc(O)c(O)c4)CC3)c2c1. The summed E-state index contributed by atoms with van der Waals surface area (Å²) in [5, 5.41) is 35.9. The van der Waals surface area contributed by atoms with Crippen LogP contribution < -0.4 is 10.1 Å². The highest BCUT2D eigenvalue weighted by atomic mass is 16.5. The number of pyridine rings is 1. The number of aromatic nitrogens is 1. The molecule has 4 N–H and O–H groups in total. The number of aryl methyl sites for hydroxylation is 1. The van der Waals surface area contributed by atoms with E-state index in [1.54, 1.807) is 19.2 Å². The van der Waals surface area contributed by atoms with Crippen molar-refractivity contribution in [2.24, 2.45) is 0 Å². The molecular formula is C25H30N2O4. The van der Waals surface area contributed by atoms with Gasteiger partial charge in [-0.2, -0.15) is 0 Å². The second-order valence-corrected chi connectivity index (χ2v) is 8.55. The zero-order valence-electron chi connectivity index (χ0n) is 17.8. The van der Waals surface area contributed by atoms with Crippen molar-refractivity contribution in [2.45, 2.75) is 56.7 Å². The first-order chi connectivity index (χ1) is 15.0. The highest BCUT2D eigenvalue weighted by Crippen LogP contribution is 2.33. The summed E-state index contributed by atoms with van der Waals surface area (Å²) in [6.45, 7) is 0.624. The van der Waals surface area contributed by atoms with Crippen molar-refractivity contribution in [3.63, 3.8) is 0 Å². The molecule has 0 aliphatic heterocycles. The maximum Gasteiger partial charge on any atom is 0.157 e. The molecule has 31 heavy (non-hydrogen) atoms. The molecule has 4 rings (SSSR count). The Hall–Kier alpha value is -2.83. The molecule has 0 bridgehead atoms. The number of fused-ring (bicyclic) bond motifs is 1. The van der Waals surface area contributed by atoms with Crippen molar-refractivity contribution in [1.82, 2.24) is 10.3 Å². The minimum Gasteiger partial charge on any atom is -0.504 e. The molecule has 1 aromatic heterocycles. The molecule has 0 spiro atoms. The normalized spacial score (nSPS) is 21.3. The molecule has 1 fully saturated rings. The van der Waals surface area contributed by atoms with Crippen molar-refractivity contribution < 1.29 is 20.1 Å². The number of ether oxygens (including phenoxy) is 1. The van der Waals surface area contributed by atoms with E-state index in [4.69, 9.17) is 4.74 Å². The van der Waals surface area contributed by atoms with Crippen LogP contribution in [0.15, 0.2) is 48.7 Å². The summed E-state index contributed by atoms with van der Waals surface area (Å²) in [6, 6.07) is 13.2. The summed E-state index contributed by atoms with van der Waals surface area (Å²) in [5.41, 5.74) is 1.25. The molecule has 0 unspecified atom stereocenters. The number of benzene rings is 2. The van der Waals surface area contributed by atoms with E-state index < -0.39 is 5.60 Å². The predicted octanol–water partition coefficient (Wildman–Crippen LogP) is 4.05. The van der Waals surface area contributed by atoms with E-state index in [0.717, 1.165) is 59.9 Å². The Bertz CT molecular complexity index is 1040. The van der Waals surface area contributed by atoms with Crippen LogP contribution in [-0.4, -0.2) is 39.1 Å². The molecular weight excluding hydrogens is 392 g/mol. The number of phenolic OH excluding ortho intramolecular Hbond substituents is 2. The van der Waals surface area contributed by atoms with Crippen LogP contribution >= 0.6 is 0 Å². The average molecular weight is 423 g/mol. The summed E-state index contributed by atoms with van der Waals surface area (Å²) >= 11 is 0. The number of nitrogens with zero attached hydrogens (tertiary/aromatic N) is 1. The number of methoxy groups -OCH3 is 1. The van der Waals surface area contributed by atoms with Crippen LogP contribution in [0.4, 0.5) is 0 Å². The molecule has 164 valence electrons. The minimum atomic E-state index is -0.669. The van der Waals surface area contributed by atoms with Crippen LogP contribution in [0.2, 0.25) is 0 Å². The van der Waals surface area contributed by atoms with Crippen LogP contribution in [0.5, 0.6) is 17.2 Å². The van der Waals surface area contributed by atoms with E-state index in [1.807, 2.05) is 30.5 Å². The lowest BCUT2D eigenvalue weighted by Crippen LogP contribution is -2.41. The zero-order chi connectivity index (χ0) is 21.8. The predicted molar refractivity (Wildman–Crippen MR) is 120 cm³/mol. The maximum atomic E-state index is 11.1. The first kappa shape index (κ1) is 21.4. The van der Waals surface area contributed by atoms with Crippen molar-refractivity contribution in [1.29, 1.82) is 0 Å². The summed E-state index contributed by atoms with van der Waals surface area (Å²) in [4.78, 5) is 4.57. The van der Waals surface area contributed by atoms with Gasteiger partial charge in [0.25, 0.3) is 0 Å².